The van der Waals surface area contributed by atoms with Crippen LogP contribution in [0, 0.1) is 6.92 Å². The van der Waals surface area contributed by atoms with E-state index in [1.165, 1.54) is 22.9 Å². The van der Waals surface area contributed by atoms with Gasteiger partial charge in [0.15, 0.2) is 5.09 Å². The Morgan fingerprint density at radius 2 is 1.85 bits per heavy atom. The SMILES string of the molecule is Cc1ccc(Sc2ccc(/C=N\n3cnnc3)o2)cc1. The number of aromatic nitrogens is 3. The molecule has 1 aromatic carbocycles. The van der Waals surface area contributed by atoms with Crippen molar-refractivity contribution in [2.24, 2.45) is 5.10 Å². The van der Waals surface area contributed by atoms with Gasteiger partial charge in [0.2, 0.25) is 0 Å². The Balaban J connectivity index is 1.69. The van der Waals surface area contributed by atoms with Crippen LogP contribution in [0.3, 0.4) is 0 Å². The number of rotatable bonds is 4. The zero-order chi connectivity index (χ0) is 13.8. The zero-order valence-electron chi connectivity index (χ0n) is 10.8. The van der Waals surface area contributed by atoms with E-state index in [2.05, 4.69) is 46.5 Å². The molecule has 6 heteroatoms. The van der Waals surface area contributed by atoms with Gasteiger partial charge in [-0.2, -0.15) is 5.10 Å². The molecule has 100 valence electrons. The lowest BCUT2D eigenvalue weighted by Gasteiger charge is -1.98. The van der Waals surface area contributed by atoms with Gasteiger partial charge in [-0.15, -0.1) is 10.2 Å². The van der Waals surface area contributed by atoms with Crippen LogP contribution >= 0.6 is 11.8 Å². The van der Waals surface area contributed by atoms with Gasteiger partial charge in [0.1, 0.15) is 18.4 Å². The van der Waals surface area contributed by atoms with E-state index >= 15 is 0 Å². The minimum Gasteiger partial charge on any atom is -0.448 e. The highest BCUT2D eigenvalue weighted by molar-refractivity contribution is 7.99. The van der Waals surface area contributed by atoms with Gasteiger partial charge >= 0.3 is 0 Å². The van der Waals surface area contributed by atoms with Gasteiger partial charge in [-0.05, 0) is 31.2 Å². The van der Waals surface area contributed by atoms with E-state index < -0.39 is 0 Å². The summed E-state index contributed by atoms with van der Waals surface area (Å²) in [5.41, 5.74) is 1.25. The molecule has 0 saturated carbocycles. The Morgan fingerprint density at radius 1 is 1.10 bits per heavy atom. The van der Waals surface area contributed by atoms with E-state index in [0.717, 1.165) is 9.99 Å². The molecule has 3 rings (SSSR count). The van der Waals surface area contributed by atoms with E-state index in [1.807, 2.05) is 12.1 Å². The smallest absolute Gasteiger partial charge is 0.165 e. The van der Waals surface area contributed by atoms with E-state index in [4.69, 9.17) is 4.42 Å². The van der Waals surface area contributed by atoms with E-state index in [0.29, 0.717) is 5.76 Å². The third kappa shape index (κ3) is 3.16. The van der Waals surface area contributed by atoms with Gasteiger partial charge in [0.05, 0.1) is 6.21 Å². The summed E-state index contributed by atoms with van der Waals surface area (Å²) < 4.78 is 7.18. The molecule has 0 N–H and O–H groups in total. The Bertz CT molecular complexity index is 701. The van der Waals surface area contributed by atoms with Crippen molar-refractivity contribution < 1.29 is 4.42 Å². The third-order valence-electron chi connectivity index (χ3n) is 2.57. The first-order chi connectivity index (χ1) is 9.79. The van der Waals surface area contributed by atoms with Gasteiger partial charge in [-0.1, -0.05) is 29.5 Å². The van der Waals surface area contributed by atoms with Crippen molar-refractivity contribution in [1.29, 1.82) is 0 Å². The topological polar surface area (TPSA) is 56.2 Å². The molecule has 0 atom stereocenters. The Morgan fingerprint density at radius 3 is 2.60 bits per heavy atom. The van der Waals surface area contributed by atoms with Crippen LogP contribution in [0.15, 0.2) is 68.6 Å². The monoisotopic (exact) mass is 284 g/mol. The second-order valence-corrected chi connectivity index (χ2v) is 5.24. The predicted molar refractivity (Wildman–Crippen MR) is 77.0 cm³/mol. The average Bonchev–Trinajstić information content (AvgIpc) is 3.10. The summed E-state index contributed by atoms with van der Waals surface area (Å²) in [4.78, 5) is 1.15. The molecule has 5 nitrogen and oxygen atoms in total. The molecular weight excluding hydrogens is 272 g/mol. The van der Waals surface area contributed by atoms with Crippen molar-refractivity contribution in [3.8, 4) is 0 Å². The van der Waals surface area contributed by atoms with Crippen LogP contribution in [-0.4, -0.2) is 21.1 Å². The summed E-state index contributed by atoms with van der Waals surface area (Å²) >= 11 is 1.58. The predicted octanol–water partition coefficient (Wildman–Crippen LogP) is 3.21. The van der Waals surface area contributed by atoms with Gasteiger partial charge < -0.3 is 4.42 Å². The number of nitrogens with zero attached hydrogens (tertiary/aromatic N) is 4. The molecule has 0 saturated heterocycles. The number of hydrogen-bond donors (Lipinski definition) is 0. The molecule has 0 aliphatic heterocycles. The first-order valence-corrected chi connectivity index (χ1v) is 6.84. The van der Waals surface area contributed by atoms with Crippen LogP contribution < -0.4 is 0 Å². The Kier molecular flexibility index (Phi) is 3.64. The Labute approximate surface area is 120 Å². The second kappa shape index (κ2) is 5.75. The molecule has 0 aliphatic carbocycles. The number of benzene rings is 1. The zero-order valence-corrected chi connectivity index (χ0v) is 11.6. The lowest BCUT2D eigenvalue weighted by Crippen LogP contribution is -1.84. The van der Waals surface area contributed by atoms with E-state index in [9.17, 15) is 0 Å². The van der Waals surface area contributed by atoms with Crippen LogP contribution in [0.1, 0.15) is 11.3 Å². The molecule has 0 amide bonds. The van der Waals surface area contributed by atoms with Gasteiger partial charge in [0, 0.05) is 4.90 Å². The maximum absolute atomic E-state index is 5.68. The van der Waals surface area contributed by atoms with Crippen molar-refractivity contribution in [2.75, 3.05) is 0 Å². The standard InChI is InChI=1S/C14H12N4OS/c1-11-2-5-13(6-3-11)20-14-7-4-12(19-14)8-17-18-9-15-16-10-18/h2-10H,1H3/b17-8-. The fourth-order valence-corrected chi connectivity index (χ4v) is 2.34. The first-order valence-electron chi connectivity index (χ1n) is 6.03. The molecule has 2 aromatic heterocycles. The highest BCUT2D eigenvalue weighted by atomic mass is 32.2. The summed E-state index contributed by atoms with van der Waals surface area (Å²) in [6.07, 6.45) is 4.66. The van der Waals surface area contributed by atoms with E-state index in [-0.39, 0.29) is 0 Å². The summed E-state index contributed by atoms with van der Waals surface area (Å²) in [7, 11) is 0. The summed E-state index contributed by atoms with van der Waals surface area (Å²) in [5, 5.41) is 12.3. The molecule has 0 unspecified atom stereocenters. The maximum Gasteiger partial charge on any atom is 0.165 e. The maximum atomic E-state index is 5.68. The average molecular weight is 284 g/mol. The van der Waals surface area contributed by atoms with Crippen molar-refractivity contribution >= 4 is 18.0 Å². The first kappa shape index (κ1) is 12.7. The molecule has 2 heterocycles. The molecule has 3 aromatic rings. The van der Waals surface area contributed by atoms with Gasteiger partial charge in [0.25, 0.3) is 0 Å². The van der Waals surface area contributed by atoms with Crippen LogP contribution in [-0.2, 0) is 0 Å². The molecule has 0 bridgehead atoms. The van der Waals surface area contributed by atoms with Crippen molar-refractivity contribution in [3.63, 3.8) is 0 Å². The highest BCUT2D eigenvalue weighted by Gasteiger charge is 2.02. The number of hydrogen-bond acceptors (Lipinski definition) is 5. The van der Waals surface area contributed by atoms with Gasteiger partial charge in [-0.3, -0.25) is 0 Å². The van der Waals surface area contributed by atoms with Crippen molar-refractivity contribution in [3.05, 3.63) is 60.4 Å². The summed E-state index contributed by atoms with van der Waals surface area (Å²) in [5.74, 6) is 0.688. The lowest BCUT2D eigenvalue weighted by atomic mass is 10.2. The third-order valence-corrected chi connectivity index (χ3v) is 3.49. The highest BCUT2D eigenvalue weighted by Crippen LogP contribution is 2.28. The molecule has 20 heavy (non-hydrogen) atoms. The largest absolute Gasteiger partial charge is 0.448 e. The minimum atomic E-state index is 0.688. The lowest BCUT2D eigenvalue weighted by molar-refractivity contribution is 0.468. The van der Waals surface area contributed by atoms with Gasteiger partial charge in [-0.25, -0.2) is 4.68 Å². The number of aryl methyl sites for hydroxylation is 1. The van der Waals surface area contributed by atoms with Crippen LogP contribution in [0.25, 0.3) is 0 Å². The van der Waals surface area contributed by atoms with Crippen LogP contribution in [0.2, 0.25) is 0 Å². The summed E-state index contributed by atoms with van der Waals surface area (Å²) in [6.45, 7) is 2.07. The quantitative estimate of drug-likeness (QED) is 0.690. The molecule has 0 fully saturated rings. The summed E-state index contributed by atoms with van der Waals surface area (Å²) in [6, 6.07) is 12.1. The van der Waals surface area contributed by atoms with Crippen molar-refractivity contribution in [1.82, 2.24) is 14.9 Å². The fraction of sp³-hybridized carbons (Fsp3) is 0.0714. The Hall–Kier alpha value is -2.34. The van der Waals surface area contributed by atoms with E-state index in [1.54, 1.807) is 18.0 Å². The molecule has 0 aliphatic rings. The molecular formula is C14H12N4OS. The normalized spacial score (nSPS) is 11.2. The molecule has 0 radical (unpaired) electrons. The molecule has 0 spiro atoms. The fourth-order valence-electron chi connectivity index (χ4n) is 1.56. The minimum absolute atomic E-state index is 0.688. The van der Waals surface area contributed by atoms with Crippen LogP contribution in [0.4, 0.5) is 0 Å². The second-order valence-electron chi connectivity index (χ2n) is 4.16. The van der Waals surface area contributed by atoms with Crippen LogP contribution in [0.5, 0.6) is 0 Å². The number of furan rings is 1. The van der Waals surface area contributed by atoms with Crippen molar-refractivity contribution in [2.45, 2.75) is 16.9 Å².